The lowest BCUT2D eigenvalue weighted by atomic mass is 9.95. The van der Waals surface area contributed by atoms with Crippen LogP contribution < -0.4 is 15.6 Å². The Labute approximate surface area is 232 Å². The maximum atomic E-state index is 16.4. The topological polar surface area (TPSA) is 111 Å². The number of fused-ring (bicyclic) bond motifs is 3. The molecule has 6 rings (SSSR count). The Morgan fingerprint density at radius 3 is 2.88 bits per heavy atom. The summed E-state index contributed by atoms with van der Waals surface area (Å²) in [5, 5.41) is 23.0. The largest absolute Gasteiger partial charge is 0.508 e. The molecule has 2 aromatic carbocycles. The predicted octanol–water partition coefficient (Wildman–Crippen LogP) is 4.07. The first-order chi connectivity index (χ1) is 19.7. The van der Waals surface area contributed by atoms with Gasteiger partial charge in [0, 0.05) is 36.5 Å². The molecule has 0 saturated carbocycles. The van der Waals surface area contributed by atoms with Gasteiger partial charge in [0.2, 0.25) is 5.88 Å². The fourth-order valence-electron chi connectivity index (χ4n) is 6.27. The summed E-state index contributed by atoms with van der Waals surface area (Å²) in [6.07, 6.45) is 6.61. The third kappa shape index (κ3) is 4.53. The highest BCUT2D eigenvalue weighted by Crippen LogP contribution is 2.41. The number of halogens is 3. The third-order valence-electron chi connectivity index (χ3n) is 8.03. The van der Waals surface area contributed by atoms with Crippen molar-refractivity contribution in [1.82, 2.24) is 14.9 Å². The van der Waals surface area contributed by atoms with Crippen LogP contribution in [0.5, 0.6) is 11.6 Å². The molecule has 4 aromatic rings. The van der Waals surface area contributed by atoms with Crippen LogP contribution in [0.1, 0.15) is 24.8 Å². The number of ether oxygens (including phenoxy) is 1. The van der Waals surface area contributed by atoms with Crippen molar-refractivity contribution < 1.29 is 28.1 Å². The quantitative estimate of drug-likeness (QED) is 0.251. The number of phenolic OH excluding ortho intramolecular Hbond substituents is 1. The van der Waals surface area contributed by atoms with Crippen molar-refractivity contribution in [3.8, 4) is 35.2 Å². The molecule has 2 atom stereocenters. The van der Waals surface area contributed by atoms with Gasteiger partial charge in [-0.3, -0.25) is 9.69 Å². The number of nitrogens with zero attached hydrogens (tertiary/aromatic N) is 2. The Hall–Kier alpha value is -4.27. The fourth-order valence-corrected chi connectivity index (χ4v) is 6.27. The molecule has 8 nitrogen and oxygen atoms in total. The highest BCUT2D eigenvalue weighted by Gasteiger charge is 2.49. The number of benzene rings is 2. The van der Waals surface area contributed by atoms with Gasteiger partial charge in [0.05, 0.1) is 34.5 Å². The van der Waals surface area contributed by atoms with Gasteiger partial charge < -0.3 is 25.3 Å². The number of aromatic hydroxyl groups is 1. The van der Waals surface area contributed by atoms with Crippen LogP contribution >= 0.6 is 0 Å². The van der Waals surface area contributed by atoms with Gasteiger partial charge in [-0.1, -0.05) is 12.0 Å². The van der Waals surface area contributed by atoms with E-state index in [1.54, 1.807) is 0 Å². The third-order valence-corrected chi connectivity index (χ3v) is 8.03. The van der Waals surface area contributed by atoms with Gasteiger partial charge in [-0.2, -0.15) is 0 Å². The number of terminal acetylenes is 1. The first kappa shape index (κ1) is 26.9. The molecule has 212 valence electrons. The van der Waals surface area contributed by atoms with E-state index in [-0.39, 0.29) is 70.2 Å². The SMILES string of the molecule is C#Cc1c(F)ccc2cc(O)cc(-c3[nH]c(=O)c4c(NCCO)cc(OC[C@@]56CCCN5C[C@H](F)C6)nc4c3F)c12. The number of H-pyrrole nitrogens is 1. The minimum atomic E-state index is -0.960. The van der Waals surface area contributed by atoms with Gasteiger partial charge in [0.1, 0.15) is 29.9 Å². The number of pyridine rings is 2. The molecule has 4 heterocycles. The number of hydrogen-bond acceptors (Lipinski definition) is 7. The first-order valence-electron chi connectivity index (χ1n) is 13.3. The van der Waals surface area contributed by atoms with Crippen LogP contribution in [0, 0.1) is 24.0 Å². The van der Waals surface area contributed by atoms with Crippen LogP contribution in [0.25, 0.3) is 32.9 Å². The normalized spacial score (nSPS) is 20.4. The standard InChI is InChI=1S/C30H27F3N4O4/c1-2-19-21(32)5-4-16-10-18(39)11-20(24(16)19)27-26(33)28-25(29(40)36-27)22(34-7-9-38)12-23(35-28)41-15-30-6-3-8-37(30)14-17(31)13-30/h1,4-5,10-12,17,38-39H,3,6-9,13-15H2,(H,34,35)(H,36,40)/t17-,30+/m1/s1. The Bertz CT molecular complexity index is 1790. The monoisotopic (exact) mass is 564 g/mol. The highest BCUT2D eigenvalue weighted by molar-refractivity contribution is 6.03. The lowest BCUT2D eigenvalue weighted by molar-refractivity contribution is 0.111. The number of hydrogen-bond donors (Lipinski definition) is 4. The molecule has 2 aromatic heterocycles. The van der Waals surface area contributed by atoms with E-state index in [4.69, 9.17) is 11.2 Å². The van der Waals surface area contributed by atoms with Crippen molar-refractivity contribution in [2.24, 2.45) is 0 Å². The van der Waals surface area contributed by atoms with Crippen molar-refractivity contribution in [2.45, 2.75) is 31.0 Å². The van der Waals surface area contributed by atoms with Crippen molar-refractivity contribution >= 4 is 27.4 Å². The van der Waals surface area contributed by atoms with Crippen LogP contribution in [-0.4, -0.2) is 69.6 Å². The van der Waals surface area contributed by atoms with Gasteiger partial charge in [0.15, 0.2) is 5.82 Å². The summed E-state index contributed by atoms with van der Waals surface area (Å²) in [5.41, 5.74) is -1.89. The molecule has 0 spiro atoms. The van der Waals surface area contributed by atoms with Crippen molar-refractivity contribution in [3.05, 3.63) is 57.9 Å². The molecule has 2 saturated heterocycles. The number of aliphatic hydroxyl groups excluding tert-OH is 1. The molecule has 2 aliphatic heterocycles. The number of phenols is 1. The van der Waals surface area contributed by atoms with E-state index >= 15 is 4.39 Å². The second-order valence-electron chi connectivity index (χ2n) is 10.5. The molecule has 2 fully saturated rings. The van der Waals surface area contributed by atoms with Gasteiger partial charge in [-0.15, -0.1) is 6.42 Å². The molecule has 4 N–H and O–H groups in total. The second kappa shape index (κ2) is 10.3. The van der Waals surface area contributed by atoms with Crippen LogP contribution in [-0.2, 0) is 0 Å². The zero-order valence-electron chi connectivity index (χ0n) is 21.9. The van der Waals surface area contributed by atoms with E-state index in [1.807, 2.05) is 0 Å². The smallest absolute Gasteiger partial charge is 0.260 e. The zero-order valence-corrected chi connectivity index (χ0v) is 21.9. The molecular weight excluding hydrogens is 537 g/mol. The Kier molecular flexibility index (Phi) is 6.76. The van der Waals surface area contributed by atoms with E-state index in [9.17, 15) is 23.8 Å². The molecule has 0 amide bonds. The molecule has 11 heteroatoms. The number of nitrogens with one attached hydrogen (secondary N) is 2. The predicted molar refractivity (Wildman–Crippen MR) is 149 cm³/mol. The molecule has 2 aliphatic rings. The number of aromatic amines is 1. The van der Waals surface area contributed by atoms with Crippen LogP contribution in [0.4, 0.5) is 18.9 Å². The van der Waals surface area contributed by atoms with E-state index in [2.05, 4.69) is 26.1 Å². The van der Waals surface area contributed by atoms with Crippen molar-refractivity contribution in [3.63, 3.8) is 0 Å². The molecule has 0 unspecified atom stereocenters. The Balaban J connectivity index is 1.52. The number of aliphatic hydroxyl groups is 1. The van der Waals surface area contributed by atoms with E-state index in [0.29, 0.717) is 18.4 Å². The second-order valence-corrected chi connectivity index (χ2v) is 10.5. The summed E-state index contributed by atoms with van der Waals surface area (Å²) in [6, 6.07) is 6.53. The van der Waals surface area contributed by atoms with Crippen LogP contribution in [0.15, 0.2) is 35.1 Å². The number of alkyl halides is 1. The average Bonchev–Trinajstić information content (AvgIpc) is 3.47. The Morgan fingerprint density at radius 2 is 2.10 bits per heavy atom. The van der Waals surface area contributed by atoms with Crippen molar-refractivity contribution in [2.75, 3.05) is 38.2 Å². The van der Waals surface area contributed by atoms with Crippen LogP contribution in [0.3, 0.4) is 0 Å². The van der Waals surface area contributed by atoms with Crippen molar-refractivity contribution in [1.29, 1.82) is 0 Å². The molecule has 0 aliphatic carbocycles. The Morgan fingerprint density at radius 1 is 1.27 bits per heavy atom. The first-order valence-corrected chi connectivity index (χ1v) is 13.3. The van der Waals surface area contributed by atoms with E-state index in [0.717, 1.165) is 25.5 Å². The van der Waals surface area contributed by atoms with Gasteiger partial charge in [-0.25, -0.2) is 18.2 Å². The van der Waals surface area contributed by atoms with E-state index < -0.39 is 28.9 Å². The fraction of sp³-hybridized carbons (Fsp3) is 0.333. The zero-order chi connectivity index (χ0) is 28.9. The summed E-state index contributed by atoms with van der Waals surface area (Å²) in [7, 11) is 0. The summed E-state index contributed by atoms with van der Waals surface area (Å²) < 4.78 is 51.3. The van der Waals surface area contributed by atoms with E-state index in [1.165, 1.54) is 24.3 Å². The number of anilines is 1. The minimum absolute atomic E-state index is 0.00745. The lowest BCUT2D eigenvalue weighted by Crippen LogP contribution is -2.43. The molecule has 0 radical (unpaired) electrons. The highest BCUT2D eigenvalue weighted by atomic mass is 19.1. The lowest BCUT2D eigenvalue weighted by Gasteiger charge is -2.31. The number of aromatic nitrogens is 2. The summed E-state index contributed by atoms with van der Waals surface area (Å²) in [6.45, 7) is 1.03. The van der Waals surface area contributed by atoms with Gasteiger partial charge in [0.25, 0.3) is 5.56 Å². The van der Waals surface area contributed by atoms with Crippen LogP contribution in [0.2, 0.25) is 0 Å². The summed E-state index contributed by atoms with van der Waals surface area (Å²) >= 11 is 0. The molecular formula is C30H27F3N4O4. The maximum absolute atomic E-state index is 16.4. The maximum Gasteiger partial charge on any atom is 0.260 e. The molecule has 0 bridgehead atoms. The van der Waals surface area contributed by atoms with Gasteiger partial charge in [-0.05, 0) is 43.0 Å². The van der Waals surface area contributed by atoms with Gasteiger partial charge >= 0.3 is 0 Å². The summed E-state index contributed by atoms with van der Waals surface area (Å²) in [5.74, 6) is 0.355. The molecule has 41 heavy (non-hydrogen) atoms. The average molecular weight is 565 g/mol. The minimum Gasteiger partial charge on any atom is -0.508 e. The number of rotatable bonds is 7. The summed E-state index contributed by atoms with van der Waals surface area (Å²) in [4.78, 5) is 22.3.